The largest absolute Gasteiger partial charge is 0.444 e. The Kier molecular flexibility index (Phi) is 2.99. The second kappa shape index (κ2) is 4.43. The van der Waals surface area contributed by atoms with Crippen LogP contribution in [0.1, 0.15) is 5.56 Å². The Balaban J connectivity index is 2.00. The van der Waals surface area contributed by atoms with E-state index in [0.29, 0.717) is 6.54 Å². The summed E-state index contributed by atoms with van der Waals surface area (Å²) in [5.74, 6) is 0. The Bertz CT molecular complexity index is 390. The molecule has 4 heteroatoms. The number of benzene rings is 1. The third-order valence-electron chi connectivity index (χ3n) is 2.62. The van der Waals surface area contributed by atoms with Gasteiger partial charge in [-0.05, 0) is 11.6 Å². The maximum Gasteiger partial charge on any atom is 0.409 e. The molecule has 0 spiro atoms. The summed E-state index contributed by atoms with van der Waals surface area (Å²) in [6.45, 7) is 0.677. The first-order valence-corrected chi connectivity index (χ1v) is 5.36. The van der Waals surface area contributed by atoms with Crippen LogP contribution in [0.15, 0.2) is 24.3 Å². The van der Waals surface area contributed by atoms with Crippen molar-refractivity contribution in [1.82, 2.24) is 4.90 Å². The normalized spacial score (nSPS) is 18.2. The van der Waals surface area contributed by atoms with Gasteiger partial charge in [0.15, 0.2) is 0 Å². The molecular formula is C12H16N2O2. The minimum Gasteiger partial charge on any atom is -0.444 e. The minimum atomic E-state index is -0.286. The van der Waals surface area contributed by atoms with Crippen LogP contribution in [0.2, 0.25) is 0 Å². The Hall–Kier alpha value is -1.71. The average Bonchev–Trinajstić information content (AvgIpc) is 2.28. The lowest BCUT2D eigenvalue weighted by molar-refractivity contribution is 0.0788. The van der Waals surface area contributed by atoms with E-state index in [2.05, 4.69) is 11.4 Å². The third kappa shape index (κ3) is 2.27. The van der Waals surface area contributed by atoms with Gasteiger partial charge in [0.05, 0.1) is 6.54 Å². The highest BCUT2D eigenvalue weighted by atomic mass is 16.6. The van der Waals surface area contributed by atoms with Gasteiger partial charge in [-0.3, -0.25) is 0 Å². The van der Waals surface area contributed by atoms with E-state index in [1.165, 1.54) is 10.5 Å². The van der Waals surface area contributed by atoms with Crippen molar-refractivity contribution in [3.05, 3.63) is 29.8 Å². The standard InChI is InChI=1S/C12H16N2O2/c1-14(2)12(15)16-10-7-9-5-3-4-6-11(9)13-8-10/h3-6,10,13H,7-8H2,1-2H3/t10-/m1/s1. The van der Waals surface area contributed by atoms with Crippen LogP contribution >= 0.6 is 0 Å². The van der Waals surface area contributed by atoms with Gasteiger partial charge in [-0.25, -0.2) is 4.79 Å². The first kappa shape index (κ1) is 10.8. The molecule has 2 rings (SSSR count). The zero-order valence-corrected chi connectivity index (χ0v) is 9.56. The van der Waals surface area contributed by atoms with Gasteiger partial charge < -0.3 is 15.0 Å². The van der Waals surface area contributed by atoms with Gasteiger partial charge in [0.25, 0.3) is 0 Å². The fraction of sp³-hybridized carbons (Fsp3) is 0.417. The highest BCUT2D eigenvalue weighted by Crippen LogP contribution is 2.22. The Morgan fingerprint density at radius 1 is 1.44 bits per heavy atom. The fourth-order valence-electron chi connectivity index (χ4n) is 1.74. The maximum absolute atomic E-state index is 11.4. The highest BCUT2D eigenvalue weighted by molar-refractivity contribution is 5.67. The summed E-state index contributed by atoms with van der Waals surface area (Å²) in [6, 6.07) is 8.09. The van der Waals surface area contributed by atoms with E-state index in [4.69, 9.17) is 4.74 Å². The second-order valence-electron chi connectivity index (χ2n) is 4.14. The molecule has 0 unspecified atom stereocenters. The number of ether oxygens (including phenoxy) is 1. The number of fused-ring (bicyclic) bond motifs is 1. The molecule has 1 amide bonds. The van der Waals surface area contributed by atoms with E-state index in [0.717, 1.165) is 12.1 Å². The van der Waals surface area contributed by atoms with Crippen LogP contribution in [0.3, 0.4) is 0 Å². The molecule has 1 aromatic carbocycles. The number of nitrogens with zero attached hydrogens (tertiary/aromatic N) is 1. The Morgan fingerprint density at radius 3 is 2.94 bits per heavy atom. The molecule has 0 aliphatic carbocycles. The Morgan fingerprint density at radius 2 is 2.19 bits per heavy atom. The number of para-hydroxylation sites is 1. The molecule has 1 aliphatic rings. The number of amides is 1. The molecule has 86 valence electrons. The van der Waals surface area contributed by atoms with Crippen molar-refractivity contribution >= 4 is 11.8 Å². The molecule has 0 fully saturated rings. The molecule has 1 heterocycles. The van der Waals surface area contributed by atoms with E-state index in [1.54, 1.807) is 14.1 Å². The molecule has 0 aromatic heterocycles. The minimum absolute atomic E-state index is 0.0789. The zero-order valence-electron chi connectivity index (χ0n) is 9.56. The first-order valence-electron chi connectivity index (χ1n) is 5.36. The fourth-order valence-corrected chi connectivity index (χ4v) is 1.74. The lowest BCUT2D eigenvalue weighted by Crippen LogP contribution is -2.35. The molecule has 1 aliphatic heterocycles. The van der Waals surface area contributed by atoms with Gasteiger partial charge in [0, 0.05) is 26.2 Å². The number of rotatable bonds is 1. The van der Waals surface area contributed by atoms with Crippen molar-refractivity contribution in [3.63, 3.8) is 0 Å². The van der Waals surface area contributed by atoms with Crippen LogP contribution in [0.4, 0.5) is 10.5 Å². The first-order chi connectivity index (χ1) is 7.66. The summed E-state index contributed by atoms with van der Waals surface area (Å²) in [6.07, 6.45) is 0.416. The summed E-state index contributed by atoms with van der Waals surface area (Å²) >= 11 is 0. The number of carbonyl (C=O) groups excluding carboxylic acids is 1. The maximum atomic E-state index is 11.4. The van der Waals surface area contributed by atoms with Crippen LogP contribution in [0.5, 0.6) is 0 Å². The van der Waals surface area contributed by atoms with E-state index in [1.807, 2.05) is 18.2 Å². The summed E-state index contributed by atoms with van der Waals surface area (Å²) in [5.41, 5.74) is 2.34. The van der Waals surface area contributed by atoms with Crippen molar-refractivity contribution in [2.24, 2.45) is 0 Å². The number of carbonyl (C=O) groups is 1. The lowest BCUT2D eigenvalue weighted by Gasteiger charge is -2.27. The number of hydrogen-bond donors (Lipinski definition) is 1. The SMILES string of the molecule is CN(C)C(=O)O[C@H]1CNc2ccccc2C1. The van der Waals surface area contributed by atoms with Gasteiger partial charge in [0.1, 0.15) is 6.10 Å². The molecule has 0 radical (unpaired) electrons. The van der Waals surface area contributed by atoms with Crippen molar-refractivity contribution < 1.29 is 9.53 Å². The summed E-state index contributed by atoms with van der Waals surface area (Å²) < 4.78 is 5.33. The van der Waals surface area contributed by atoms with Crippen LogP contribution < -0.4 is 5.32 Å². The summed E-state index contributed by atoms with van der Waals surface area (Å²) in [5, 5.41) is 3.26. The molecule has 0 saturated carbocycles. The monoisotopic (exact) mass is 220 g/mol. The van der Waals surface area contributed by atoms with Gasteiger partial charge in [-0.1, -0.05) is 18.2 Å². The second-order valence-corrected chi connectivity index (χ2v) is 4.14. The van der Waals surface area contributed by atoms with E-state index in [-0.39, 0.29) is 12.2 Å². The van der Waals surface area contributed by atoms with Crippen LogP contribution in [0.25, 0.3) is 0 Å². The van der Waals surface area contributed by atoms with Crippen LogP contribution in [-0.2, 0) is 11.2 Å². The van der Waals surface area contributed by atoms with E-state index < -0.39 is 0 Å². The average molecular weight is 220 g/mol. The van der Waals surface area contributed by atoms with Crippen LogP contribution in [0, 0.1) is 0 Å². The van der Waals surface area contributed by atoms with Gasteiger partial charge in [0.2, 0.25) is 0 Å². The van der Waals surface area contributed by atoms with Crippen molar-refractivity contribution in [2.75, 3.05) is 26.0 Å². The molecule has 1 aromatic rings. The molecule has 0 bridgehead atoms. The molecule has 4 nitrogen and oxygen atoms in total. The number of hydrogen-bond acceptors (Lipinski definition) is 3. The van der Waals surface area contributed by atoms with Crippen molar-refractivity contribution in [3.8, 4) is 0 Å². The molecule has 0 saturated heterocycles. The molecular weight excluding hydrogens is 204 g/mol. The molecule has 1 N–H and O–H groups in total. The van der Waals surface area contributed by atoms with E-state index in [9.17, 15) is 4.79 Å². The molecule has 16 heavy (non-hydrogen) atoms. The van der Waals surface area contributed by atoms with Gasteiger partial charge in [-0.2, -0.15) is 0 Å². The summed E-state index contributed by atoms with van der Waals surface area (Å²) in [4.78, 5) is 12.8. The summed E-state index contributed by atoms with van der Waals surface area (Å²) in [7, 11) is 3.37. The van der Waals surface area contributed by atoms with Crippen LogP contribution in [-0.4, -0.2) is 37.7 Å². The van der Waals surface area contributed by atoms with Crippen molar-refractivity contribution in [1.29, 1.82) is 0 Å². The predicted octanol–water partition coefficient (Wildman–Crippen LogP) is 1.72. The predicted molar refractivity (Wildman–Crippen MR) is 62.6 cm³/mol. The third-order valence-corrected chi connectivity index (χ3v) is 2.62. The van der Waals surface area contributed by atoms with Gasteiger partial charge in [-0.15, -0.1) is 0 Å². The Labute approximate surface area is 95.2 Å². The van der Waals surface area contributed by atoms with E-state index >= 15 is 0 Å². The smallest absolute Gasteiger partial charge is 0.409 e. The van der Waals surface area contributed by atoms with Gasteiger partial charge >= 0.3 is 6.09 Å². The van der Waals surface area contributed by atoms with Crippen molar-refractivity contribution in [2.45, 2.75) is 12.5 Å². The quantitative estimate of drug-likeness (QED) is 0.783. The highest BCUT2D eigenvalue weighted by Gasteiger charge is 2.21. The number of anilines is 1. The zero-order chi connectivity index (χ0) is 11.5. The number of nitrogens with one attached hydrogen (secondary N) is 1. The lowest BCUT2D eigenvalue weighted by atomic mass is 10.0. The molecule has 1 atom stereocenters. The topological polar surface area (TPSA) is 41.6 Å².